The van der Waals surface area contributed by atoms with Gasteiger partial charge in [-0.05, 0) is 42.8 Å². The van der Waals surface area contributed by atoms with E-state index >= 15 is 0 Å². The van der Waals surface area contributed by atoms with Crippen LogP contribution in [0.15, 0.2) is 78.9 Å². The summed E-state index contributed by atoms with van der Waals surface area (Å²) >= 11 is 5.80. The van der Waals surface area contributed by atoms with Gasteiger partial charge in [0.05, 0.1) is 29.9 Å². The van der Waals surface area contributed by atoms with Crippen LogP contribution in [0.25, 0.3) is 0 Å². The summed E-state index contributed by atoms with van der Waals surface area (Å²) in [5.74, 6) is -2.90. The van der Waals surface area contributed by atoms with Crippen LogP contribution in [-0.4, -0.2) is 107 Å². The average molecular weight is 865 g/mol. The minimum atomic E-state index is -1.32. The second-order valence-corrected chi connectivity index (χ2v) is 16.0. The van der Waals surface area contributed by atoms with E-state index in [-0.39, 0.29) is 48.8 Å². The van der Waals surface area contributed by atoms with Crippen LogP contribution in [0.5, 0.6) is 0 Å². The van der Waals surface area contributed by atoms with E-state index in [9.17, 15) is 29.4 Å². The van der Waals surface area contributed by atoms with Crippen LogP contribution in [0.2, 0.25) is 0 Å². The SMILES string of the molecule is CC(=O)OC[C@H]1O[C@@H](CC(=S)Nc2cccc(C3O[C@H](CN(C)[C@@H](C)[C@H](O)c4ccccc4)[C@H](C)[C@H](c4ccc(CO)cc4)O3)c2)[C@H](OC(C)=O)[C@@H](OC(C)=O)[C@@H]1OC(C)=O. The molecular weight excluding hydrogens is 809 g/mol. The highest BCUT2D eigenvalue weighted by atomic mass is 32.1. The van der Waals surface area contributed by atoms with Gasteiger partial charge in [0.2, 0.25) is 0 Å². The summed E-state index contributed by atoms with van der Waals surface area (Å²) in [4.78, 5) is 50.9. The second-order valence-electron chi connectivity index (χ2n) is 15.5. The number of carbonyl (C=O) groups is 4. The number of benzene rings is 3. The van der Waals surface area contributed by atoms with Gasteiger partial charge in [0.25, 0.3) is 0 Å². The van der Waals surface area contributed by atoms with Gasteiger partial charge in [0.1, 0.15) is 18.8 Å². The molecule has 5 rings (SSSR count). The molecule has 0 amide bonds. The quantitative estimate of drug-likeness (QED) is 0.0958. The third-order valence-electron chi connectivity index (χ3n) is 10.8. The number of anilines is 1. The van der Waals surface area contributed by atoms with Gasteiger partial charge in [-0.25, -0.2) is 0 Å². The fourth-order valence-corrected chi connectivity index (χ4v) is 7.87. The molecule has 0 aromatic heterocycles. The zero-order valence-corrected chi connectivity index (χ0v) is 36.2. The van der Waals surface area contributed by atoms with Gasteiger partial charge in [-0.1, -0.05) is 85.9 Å². The van der Waals surface area contributed by atoms with Crippen molar-refractivity contribution in [1.82, 2.24) is 4.90 Å². The predicted molar refractivity (Wildman–Crippen MR) is 226 cm³/mol. The Bertz CT molecular complexity index is 1970. The molecule has 0 radical (unpaired) electrons. The molecule has 2 heterocycles. The van der Waals surface area contributed by atoms with Crippen molar-refractivity contribution < 1.29 is 62.5 Å². The van der Waals surface area contributed by atoms with Crippen molar-refractivity contribution in [3.8, 4) is 0 Å². The minimum absolute atomic E-state index is 0.0556. The number of thiocarbonyl (C=S) groups is 1. The number of aliphatic hydroxyl groups is 2. The van der Waals surface area contributed by atoms with Crippen LogP contribution in [0.4, 0.5) is 5.69 Å². The molecule has 2 saturated heterocycles. The van der Waals surface area contributed by atoms with E-state index in [4.69, 9.17) is 45.4 Å². The lowest BCUT2D eigenvalue weighted by Crippen LogP contribution is -2.62. The number of likely N-dealkylation sites (N-methyl/N-ethyl adjacent to an activating group) is 1. The maximum Gasteiger partial charge on any atom is 0.303 e. The van der Waals surface area contributed by atoms with Crippen molar-refractivity contribution in [1.29, 1.82) is 0 Å². The second kappa shape index (κ2) is 21.8. The predicted octanol–water partition coefficient (Wildman–Crippen LogP) is 5.28. The maximum absolute atomic E-state index is 12.4. The van der Waals surface area contributed by atoms with Crippen molar-refractivity contribution in [3.63, 3.8) is 0 Å². The van der Waals surface area contributed by atoms with Crippen molar-refractivity contribution >= 4 is 46.8 Å². The Balaban J connectivity index is 1.38. The first-order chi connectivity index (χ1) is 29.0. The first-order valence-electron chi connectivity index (χ1n) is 20.2. The van der Waals surface area contributed by atoms with Crippen LogP contribution in [-0.2, 0) is 58.9 Å². The molecule has 0 spiro atoms. The fourth-order valence-electron chi connectivity index (χ4n) is 7.59. The van der Waals surface area contributed by atoms with E-state index in [1.807, 2.05) is 86.8 Å². The number of ether oxygens (including phenoxy) is 7. The number of aliphatic hydroxyl groups excluding tert-OH is 2. The topological polar surface area (TPSA) is 189 Å². The van der Waals surface area contributed by atoms with Gasteiger partial charge in [-0.3, -0.25) is 24.1 Å². The molecule has 3 aromatic carbocycles. The van der Waals surface area contributed by atoms with Gasteiger partial charge < -0.3 is 48.7 Å². The smallest absolute Gasteiger partial charge is 0.303 e. The monoisotopic (exact) mass is 864 g/mol. The maximum atomic E-state index is 12.4. The Labute approximate surface area is 361 Å². The lowest BCUT2D eigenvalue weighted by atomic mass is 9.89. The molecule has 0 aliphatic carbocycles. The van der Waals surface area contributed by atoms with Crippen molar-refractivity contribution in [2.24, 2.45) is 5.92 Å². The molecule has 2 aliphatic rings. The van der Waals surface area contributed by atoms with Crippen LogP contribution < -0.4 is 5.32 Å². The number of carbonyl (C=O) groups excluding carboxylic acids is 4. The van der Waals surface area contributed by atoms with Crippen LogP contribution in [0, 0.1) is 5.92 Å². The van der Waals surface area contributed by atoms with E-state index in [2.05, 4.69) is 17.1 Å². The molecule has 0 bridgehead atoms. The molecule has 11 atom stereocenters. The molecule has 3 N–H and O–H groups in total. The molecule has 3 aromatic rings. The van der Waals surface area contributed by atoms with Gasteiger partial charge >= 0.3 is 23.9 Å². The lowest BCUT2D eigenvalue weighted by Gasteiger charge is -2.44. The highest BCUT2D eigenvalue weighted by Crippen LogP contribution is 2.42. The highest BCUT2D eigenvalue weighted by Gasteiger charge is 2.52. The van der Waals surface area contributed by atoms with E-state index in [0.717, 1.165) is 30.5 Å². The molecule has 2 aliphatic heterocycles. The summed E-state index contributed by atoms with van der Waals surface area (Å²) in [7, 11) is 1.96. The Morgan fingerprint density at radius 1 is 0.770 bits per heavy atom. The molecule has 1 unspecified atom stereocenters. The van der Waals surface area contributed by atoms with Gasteiger partial charge in [-0.2, -0.15) is 0 Å². The average Bonchev–Trinajstić information content (AvgIpc) is 3.22. The molecular formula is C45H56N2O13S. The Kier molecular flexibility index (Phi) is 16.9. The Morgan fingerprint density at radius 3 is 2.00 bits per heavy atom. The van der Waals surface area contributed by atoms with E-state index in [1.54, 1.807) is 6.07 Å². The zero-order chi connectivity index (χ0) is 44.4. The van der Waals surface area contributed by atoms with E-state index in [1.165, 1.54) is 13.8 Å². The third kappa shape index (κ3) is 12.9. The highest BCUT2D eigenvalue weighted by molar-refractivity contribution is 7.80. The fraction of sp³-hybridized carbons (Fsp3) is 0.489. The molecule has 16 heteroatoms. The van der Waals surface area contributed by atoms with E-state index < -0.39 is 66.8 Å². The summed E-state index contributed by atoms with van der Waals surface area (Å²) in [6, 6.07) is 24.3. The minimum Gasteiger partial charge on any atom is -0.463 e. The first kappa shape index (κ1) is 47.2. The molecule has 330 valence electrons. The summed E-state index contributed by atoms with van der Waals surface area (Å²) in [6.07, 6.45) is -8.32. The Morgan fingerprint density at radius 2 is 1.39 bits per heavy atom. The number of nitrogens with one attached hydrogen (secondary N) is 1. The number of rotatable bonds is 16. The van der Waals surface area contributed by atoms with Crippen LogP contribution in [0.1, 0.15) is 88.7 Å². The van der Waals surface area contributed by atoms with Crippen LogP contribution >= 0.6 is 12.2 Å². The molecule has 0 saturated carbocycles. The van der Waals surface area contributed by atoms with Crippen molar-refractivity contribution in [2.75, 3.05) is 25.5 Å². The summed E-state index contributed by atoms with van der Waals surface area (Å²) in [6.45, 7) is 8.79. The number of hydrogen-bond acceptors (Lipinski definition) is 15. The van der Waals surface area contributed by atoms with Gasteiger partial charge in [0.15, 0.2) is 24.6 Å². The standard InChI is InChI=1S/C45H56N2O13S/c1-25-37(22-47(7)26(2)40(53)32-12-9-8-10-13-32)59-45(60-41(25)33-18-16-31(23-48)17-19-33)34-14-11-15-35(20-34)46-39(61)21-36-42(55-28(4)50)44(57-30(6)52)43(56-29(5)51)38(58-36)24-54-27(3)49/h8-20,25-26,36-38,40-45,48,53H,21-24H2,1-7H3,(H,46,61)/t25-,26-,36-,37+,38+,40-,41+,42-,43+,44+,45?/m0/s1. The molecule has 2 fully saturated rings. The zero-order valence-electron chi connectivity index (χ0n) is 35.4. The first-order valence-corrected chi connectivity index (χ1v) is 20.6. The third-order valence-corrected chi connectivity index (χ3v) is 11.1. The number of hydrogen-bond donors (Lipinski definition) is 3. The summed E-state index contributed by atoms with van der Waals surface area (Å²) in [5.41, 5.74) is 3.78. The molecule has 61 heavy (non-hydrogen) atoms. The lowest BCUT2D eigenvalue weighted by molar-refractivity contribution is -0.276. The van der Waals surface area contributed by atoms with E-state index in [0.29, 0.717) is 17.8 Å². The molecule has 15 nitrogen and oxygen atoms in total. The number of esters is 4. The van der Waals surface area contributed by atoms with Crippen molar-refractivity contribution in [2.45, 2.75) is 116 Å². The normalized spacial score (nSPS) is 26.0. The largest absolute Gasteiger partial charge is 0.463 e. The van der Waals surface area contributed by atoms with Gasteiger partial charge in [0, 0.05) is 63.9 Å². The number of nitrogens with zero attached hydrogens (tertiary/aromatic N) is 1. The van der Waals surface area contributed by atoms with Crippen LogP contribution in [0.3, 0.4) is 0 Å². The van der Waals surface area contributed by atoms with Crippen molar-refractivity contribution in [3.05, 3.63) is 101 Å². The summed E-state index contributed by atoms with van der Waals surface area (Å²) < 4.78 is 41.6. The summed E-state index contributed by atoms with van der Waals surface area (Å²) in [5, 5.41) is 24.2. The Hall–Kier alpha value is -4.81. The van der Waals surface area contributed by atoms with Gasteiger partial charge in [-0.15, -0.1) is 0 Å².